The summed E-state index contributed by atoms with van der Waals surface area (Å²) >= 11 is 0. The Morgan fingerprint density at radius 2 is 1.20 bits per heavy atom. The van der Waals surface area contributed by atoms with Gasteiger partial charge in [-0.05, 0) is 63.4 Å². The predicted octanol–water partition coefficient (Wildman–Crippen LogP) is 4.60. The van der Waals surface area contributed by atoms with Gasteiger partial charge in [0.05, 0.1) is 11.1 Å². The monoisotopic (exact) mass is 801 g/mol. The van der Waals surface area contributed by atoms with E-state index in [1.807, 2.05) is 45.1 Å². The fourth-order valence-corrected chi connectivity index (χ4v) is 6.62. The van der Waals surface area contributed by atoms with Crippen LogP contribution >= 0.6 is 0 Å². The van der Waals surface area contributed by atoms with Crippen molar-refractivity contribution in [3.8, 4) is 11.1 Å². The van der Waals surface area contributed by atoms with Gasteiger partial charge < -0.3 is 24.8 Å². The van der Waals surface area contributed by atoms with Gasteiger partial charge >= 0.3 is 38.6 Å². The van der Waals surface area contributed by atoms with Crippen LogP contribution in [0.5, 0.6) is 0 Å². The maximum absolute atomic E-state index is 14.1. The summed E-state index contributed by atoms with van der Waals surface area (Å²) in [6.07, 6.45) is 1.10. The van der Waals surface area contributed by atoms with E-state index in [1.54, 1.807) is 12.1 Å². The largest absolute Gasteiger partial charge is 3.00 e. The Balaban J connectivity index is 0.00000225. The summed E-state index contributed by atoms with van der Waals surface area (Å²) in [5.41, 5.74) is 4.86. The average Bonchev–Trinajstić information content (AvgIpc) is 3.63. The molecule has 0 nitrogen and oxygen atoms in total. The number of hydrogen-bond donors (Lipinski definition) is 0. The minimum atomic E-state index is -4.64. The van der Waals surface area contributed by atoms with Crippen LogP contribution < -0.4 is 35.3 Å². The van der Waals surface area contributed by atoms with Crippen molar-refractivity contribution in [1.29, 1.82) is 0 Å². The fraction of sp³-hybridized carbons (Fsp3) is 0.268. The van der Waals surface area contributed by atoms with Crippen molar-refractivity contribution >= 4 is 17.2 Å². The van der Waals surface area contributed by atoms with Gasteiger partial charge in [0.2, 0.25) is 0 Å². The van der Waals surface area contributed by atoms with Crippen molar-refractivity contribution in [2.24, 2.45) is 0 Å². The number of allylic oxidation sites excluding steroid dienone is 4. The van der Waals surface area contributed by atoms with Crippen LogP contribution in [0.4, 0.5) is 26.3 Å². The zero-order valence-electron chi connectivity index (χ0n) is 28.4. The van der Waals surface area contributed by atoms with Gasteiger partial charge in [0, 0.05) is 0 Å². The maximum atomic E-state index is 14.1. The molecular formula is C41H35Cl2F6Zr. The summed E-state index contributed by atoms with van der Waals surface area (Å²) in [4.78, 5) is 0. The van der Waals surface area contributed by atoms with Gasteiger partial charge in [-0.3, -0.25) is 0 Å². The summed E-state index contributed by atoms with van der Waals surface area (Å²) in [5.74, 6) is 0. The Bertz CT molecular complexity index is 2050. The standard InChI is InChI=1S/C41H35F6.2ClH.Zr/c1-38(2,3)28-17-18-31-27(21-28)22-33-32(31)23-34(37(39(4,5)6)36(33)24-11-7-8-12-24)35(25-13-9-15-29(19-25)40(42,43)44)26-14-10-16-30(20-26)41(45,46)47;;;/h7-11,13-21,23H,12H2,1-6H3;2*1H;/q-1;;;+3/p-2. The van der Waals surface area contributed by atoms with Gasteiger partial charge in [-0.2, -0.15) is 26.3 Å². The van der Waals surface area contributed by atoms with Gasteiger partial charge in [-0.15, -0.1) is 34.1 Å². The molecule has 1 radical (unpaired) electrons. The van der Waals surface area contributed by atoms with E-state index in [1.165, 1.54) is 12.1 Å². The van der Waals surface area contributed by atoms with E-state index in [2.05, 4.69) is 45.0 Å². The van der Waals surface area contributed by atoms with Crippen LogP contribution in [0.1, 0.15) is 92.5 Å². The zero-order valence-corrected chi connectivity index (χ0v) is 32.4. The first-order valence-electron chi connectivity index (χ1n) is 15.6. The topological polar surface area (TPSA) is 0 Å². The Hall–Kier alpha value is -2.86. The molecule has 50 heavy (non-hydrogen) atoms. The molecule has 4 aromatic carbocycles. The second-order valence-corrected chi connectivity index (χ2v) is 14.3. The molecule has 0 saturated heterocycles. The number of rotatable bonds is 3. The van der Waals surface area contributed by atoms with E-state index in [0.717, 1.165) is 68.4 Å². The van der Waals surface area contributed by atoms with Crippen molar-refractivity contribution in [1.82, 2.24) is 0 Å². The van der Waals surface area contributed by atoms with Crippen LogP contribution in [-0.2, 0) is 49.4 Å². The molecule has 259 valence electrons. The molecule has 0 aliphatic heterocycles. The molecule has 2 aliphatic carbocycles. The number of halogens is 8. The zero-order chi connectivity index (χ0) is 34.1. The molecule has 0 aromatic heterocycles. The summed E-state index contributed by atoms with van der Waals surface area (Å²) in [7, 11) is 0. The maximum Gasteiger partial charge on any atom is 3.00 e. The smallest absolute Gasteiger partial charge is 1.00 e. The molecule has 0 atom stereocenters. The van der Waals surface area contributed by atoms with Crippen molar-refractivity contribution in [2.45, 2.75) is 71.1 Å². The third-order valence-corrected chi connectivity index (χ3v) is 8.83. The Morgan fingerprint density at radius 1 is 0.640 bits per heavy atom. The molecular weight excluding hydrogens is 769 g/mol. The molecule has 0 heterocycles. The predicted molar refractivity (Wildman–Crippen MR) is 177 cm³/mol. The molecule has 6 rings (SSSR count). The molecule has 0 fully saturated rings. The van der Waals surface area contributed by atoms with Gasteiger partial charge in [0.1, 0.15) is 0 Å². The van der Waals surface area contributed by atoms with E-state index in [-0.39, 0.29) is 67.6 Å². The van der Waals surface area contributed by atoms with E-state index >= 15 is 0 Å². The minimum Gasteiger partial charge on any atom is -1.00 e. The number of fused-ring (bicyclic) bond motifs is 3. The second kappa shape index (κ2) is 14.6. The second-order valence-electron chi connectivity index (χ2n) is 14.3. The summed E-state index contributed by atoms with van der Waals surface area (Å²) in [6, 6.07) is 17.9. The van der Waals surface area contributed by atoms with Crippen LogP contribution in [0.3, 0.4) is 0 Å². The van der Waals surface area contributed by atoms with Crippen LogP contribution in [-0.4, -0.2) is 0 Å². The average molecular weight is 804 g/mol. The van der Waals surface area contributed by atoms with Crippen LogP contribution in [0.2, 0.25) is 0 Å². The van der Waals surface area contributed by atoms with Gasteiger partial charge in [-0.1, -0.05) is 124 Å². The summed E-state index contributed by atoms with van der Waals surface area (Å²) < 4.78 is 84.4. The minimum absolute atomic E-state index is 0. The van der Waals surface area contributed by atoms with Gasteiger partial charge in [-0.25, -0.2) is 0 Å². The SMILES string of the molecule is CC(C)(C)c1ccc2c(c1)[C-]=c1c-2cc(=C(c2cccc(C(F)(F)F)c2)c2cccc(C(F)(F)F)c2)c(C(C)(C)C)c1C1=CC=CC1.[Cl-].[Cl-].[Zr+3]. The van der Waals surface area contributed by atoms with Gasteiger partial charge in [0.15, 0.2) is 0 Å². The molecule has 0 N–H and O–H groups in total. The third kappa shape index (κ3) is 7.96. The first kappa shape index (κ1) is 41.6. The fourth-order valence-electron chi connectivity index (χ4n) is 6.62. The number of alkyl halides is 6. The molecule has 4 aromatic rings. The third-order valence-electron chi connectivity index (χ3n) is 8.83. The van der Waals surface area contributed by atoms with Crippen LogP contribution in [0.15, 0.2) is 91.0 Å². The van der Waals surface area contributed by atoms with Crippen molar-refractivity contribution in [3.05, 3.63) is 146 Å². The van der Waals surface area contributed by atoms with Crippen molar-refractivity contribution in [2.75, 3.05) is 0 Å². The van der Waals surface area contributed by atoms with E-state index in [9.17, 15) is 26.3 Å². The first-order valence-corrected chi connectivity index (χ1v) is 15.6. The Morgan fingerprint density at radius 3 is 1.66 bits per heavy atom. The summed E-state index contributed by atoms with van der Waals surface area (Å²) in [6.45, 7) is 12.5. The molecule has 2 aliphatic rings. The molecule has 9 heteroatoms. The summed E-state index contributed by atoms with van der Waals surface area (Å²) in [5, 5.41) is 1.48. The van der Waals surface area contributed by atoms with E-state index in [4.69, 9.17) is 0 Å². The number of hydrogen-bond acceptors (Lipinski definition) is 0. The van der Waals surface area contributed by atoms with E-state index in [0.29, 0.717) is 17.2 Å². The van der Waals surface area contributed by atoms with Crippen molar-refractivity contribution in [3.63, 3.8) is 0 Å². The molecule has 0 unspecified atom stereocenters. The first-order chi connectivity index (χ1) is 21.8. The van der Waals surface area contributed by atoms with Crippen LogP contribution in [0, 0.1) is 0 Å². The Labute approximate surface area is 321 Å². The molecule has 0 amide bonds. The van der Waals surface area contributed by atoms with Gasteiger partial charge in [0.25, 0.3) is 0 Å². The van der Waals surface area contributed by atoms with Crippen molar-refractivity contribution < 1.29 is 77.4 Å². The van der Waals surface area contributed by atoms with Crippen LogP contribution in [0.25, 0.3) is 28.3 Å². The normalized spacial score (nSPS) is 13.6. The molecule has 0 bridgehead atoms. The quantitative estimate of drug-likeness (QED) is 0.185. The van der Waals surface area contributed by atoms with E-state index < -0.39 is 28.9 Å². The number of benzene rings is 4. The Kier molecular flexibility index (Phi) is 12.2. The molecule has 0 saturated carbocycles. The molecule has 0 spiro atoms.